The third kappa shape index (κ3) is 5.37. The van der Waals surface area contributed by atoms with Gasteiger partial charge in [-0.25, -0.2) is 8.42 Å². The lowest BCUT2D eigenvalue weighted by atomic mass is 10.2. The maximum Gasteiger partial charge on any atom is 0.194 e. The highest BCUT2D eigenvalue weighted by Crippen LogP contribution is 2.18. The van der Waals surface area contributed by atoms with Crippen LogP contribution in [0.1, 0.15) is 11.1 Å². The molecule has 0 fully saturated rings. The molecule has 120 valence electrons. The van der Waals surface area contributed by atoms with Crippen molar-refractivity contribution in [3.63, 3.8) is 0 Å². The minimum absolute atomic E-state index is 0.409. The molecule has 0 aliphatic heterocycles. The molecule has 23 heavy (non-hydrogen) atoms. The van der Waals surface area contributed by atoms with E-state index in [2.05, 4.69) is 20.5 Å². The summed E-state index contributed by atoms with van der Waals surface area (Å²) in [6.45, 7) is 3.78. The molecule has 2 aromatic rings. The number of nitrogens with zero attached hydrogens (tertiary/aromatic N) is 4. The minimum Gasteiger partial charge on any atom is -0.225 e. The van der Waals surface area contributed by atoms with Crippen LogP contribution in [0.4, 0.5) is 11.4 Å². The van der Waals surface area contributed by atoms with E-state index in [0.717, 1.165) is 11.1 Å². The molecule has 0 aliphatic rings. The van der Waals surface area contributed by atoms with Crippen molar-refractivity contribution >= 4 is 21.2 Å². The van der Waals surface area contributed by atoms with Crippen molar-refractivity contribution < 1.29 is 8.42 Å². The van der Waals surface area contributed by atoms with Gasteiger partial charge >= 0.3 is 0 Å². The van der Waals surface area contributed by atoms with Crippen molar-refractivity contribution in [2.24, 2.45) is 20.5 Å². The fraction of sp³-hybridized carbons (Fsp3) is 0.250. The molecule has 2 aromatic carbocycles. The lowest BCUT2D eigenvalue weighted by molar-refractivity contribution is 0.595. The summed E-state index contributed by atoms with van der Waals surface area (Å²) in [5.41, 5.74) is 3.19. The Kier molecular flexibility index (Phi) is 5.70. The van der Waals surface area contributed by atoms with E-state index in [1.165, 1.54) is 0 Å². The van der Waals surface area contributed by atoms with Crippen molar-refractivity contribution in [1.82, 2.24) is 0 Å². The second-order valence-electron chi connectivity index (χ2n) is 5.06. The highest BCUT2D eigenvalue weighted by atomic mass is 32.2. The Labute approximate surface area is 135 Å². The highest BCUT2D eigenvalue weighted by molar-refractivity contribution is 7.91. The van der Waals surface area contributed by atoms with Crippen LogP contribution in [0.2, 0.25) is 0 Å². The van der Waals surface area contributed by atoms with Crippen LogP contribution in [0.15, 0.2) is 69.0 Å². The average molecular weight is 330 g/mol. The first-order chi connectivity index (χ1) is 11.0. The van der Waals surface area contributed by atoms with Crippen LogP contribution in [0.5, 0.6) is 0 Å². The van der Waals surface area contributed by atoms with Crippen molar-refractivity contribution in [2.45, 2.75) is 13.8 Å². The molecule has 0 amide bonds. The van der Waals surface area contributed by atoms with Crippen molar-refractivity contribution in [3.05, 3.63) is 59.7 Å². The molecule has 0 unspecified atom stereocenters. The average Bonchev–Trinajstić information content (AvgIpc) is 2.51. The quantitative estimate of drug-likeness (QED) is 0.730. The van der Waals surface area contributed by atoms with Crippen molar-refractivity contribution in [1.29, 1.82) is 0 Å². The molecule has 0 aromatic heterocycles. The van der Waals surface area contributed by atoms with Crippen LogP contribution in [0.3, 0.4) is 0 Å². The topological polar surface area (TPSA) is 83.6 Å². The predicted octanol–water partition coefficient (Wildman–Crippen LogP) is 4.50. The van der Waals surface area contributed by atoms with Crippen LogP contribution in [-0.4, -0.2) is 20.2 Å². The lowest BCUT2D eigenvalue weighted by Gasteiger charge is -1.99. The Bertz CT molecular complexity index is 766. The van der Waals surface area contributed by atoms with Gasteiger partial charge in [-0.05, 0) is 37.1 Å². The Morgan fingerprint density at radius 3 is 1.52 bits per heavy atom. The molecule has 0 saturated heterocycles. The molecule has 6 nitrogen and oxygen atoms in total. The fourth-order valence-corrected chi connectivity index (χ4v) is 2.33. The van der Waals surface area contributed by atoms with Gasteiger partial charge in [0.25, 0.3) is 0 Å². The minimum atomic E-state index is -3.47. The van der Waals surface area contributed by atoms with E-state index >= 15 is 0 Å². The number of rotatable bonds is 6. The molecule has 7 heteroatoms. The van der Waals surface area contributed by atoms with Crippen molar-refractivity contribution in [3.8, 4) is 0 Å². The van der Waals surface area contributed by atoms with E-state index in [1.54, 1.807) is 12.1 Å². The standard InChI is InChI=1S/C16H18N4O2S/c1-13-7-3-5-9-15(13)19-17-11-23(21,22)12-18-20-16-10-6-4-8-14(16)2/h3-10H,11-12H2,1-2H3. The second kappa shape index (κ2) is 7.73. The summed E-state index contributed by atoms with van der Waals surface area (Å²) >= 11 is 0. The number of aryl methyl sites for hydroxylation is 2. The predicted molar refractivity (Wildman–Crippen MR) is 90.0 cm³/mol. The zero-order chi connectivity index (χ0) is 16.7. The number of hydrogen-bond acceptors (Lipinski definition) is 6. The molecule has 0 heterocycles. The molecular formula is C16H18N4O2S. The van der Waals surface area contributed by atoms with Crippen LogP contribution in [0, 0.1) is 13.8 Å². The SMILES string of the molecule is Cc1ccccc1N=NCS(=O)(=O)CN=Nc1ccccc1C. The number of azo groups is 2. The van der Waals surface area contributed by atoms with Gasteiger partial charge in [0.1, 0.15) is 0 Å². The van der Waals surface area contributed by atoms with E-state index in [1.807, 2.05) is 50.2 Å². The first-order valence-corrected chi connectivity index (χ1v) is 8.87. The Hall–Kier alpha value is -2.41. The third-order valence-corrected chi connectivity index (χ3v) is 4.11. The molecule has 0 atom stereocenters. The van der Waals surface area contributed by atoms with Crippen LogP contribution < -0.4 is 0 Å². The summed E-state index contributed by atoms with van der Waals surface area (Å²) in [6.07, 6.45) is 0. The first kappa shape index (κ1) is 17.0. The van der Waals surface area contributed by atoms with Gasteiger partial charge in [0.2, 0.25) is 0 Å². The number of hydrogen-bond donors (Lipinski definition) is 0. The monoisotopic (exact) mass is 330 g/mol. The summed E-state index contributed by atoms with van der Waals surface area (Å²) in [6, 6.07) is 14.8. The zero-order valence-electron chi connectivity index (χ0n) is 13.0. The van der Waals surface area contributed by atoms with E-state index < -0.39 is 21.6 Å². The summed E-state index contributed by atoms with van der Waals surface area (Å²) in [7, 11) is -3.47. The molecule has 0 bridgehead atoms. The maximum absolute atomic E-state index is 11.9. The van der Waals surface area contributed by atoms with Crippen molar-refractivity contribution in [2.75, 3.05) is 11.8 Å². The number of sulfone groups is 1. The Morgan fingerprint density at radius 1 is 0.739 bits per heavy atom. The molecule has 0 aliphatic carbocycles. The molecule has 0 spiro atoms. The van der Waals surface area contributed by atoms with Crippen LogP contribution >= 0.6 is 0 Å². The molecule has 0 saturated carbocycles. The summed E-state index contributed by atoms with van der Waals surface area (Å²) < 4.78 is 23.7. The zero-order valence-corrected chi connectivity index (χ0v) is 13.9. The molecule has 2 rings (SSSR count). The third-order valence-electron chi connectivity index (χ3n) is 3.10. The van der Waals surface area contributed by atoms with E-state index in [0.29, 0.717) is 11.4 Å². The Balaban J connectivity index is 1.95. The summed E-state index contributed by atoms with van der Waals surface area (Å²) in [5, 5.41) is 15.4. The van der Waals surface area contributed by atoms with Gasteiger partial charge in [0, 0.05) is 0 Å². The maximum atomic E-state index is 11.9. The molecular weight excluding hydrogens is 312 g/mol. The van der Waals surface area contributed by atoms with Crippen LogP contribution in [-0.2, 0) is 9.84 Å². The van der Waals surface area contributed by atoms with Gasteiger partial charge in [-0.1, -0.05) is 36.4 Å². The Morgan fingerprint density at radius 2 is 1.13 bits per heavy atom. The van der Waals surface area contributed by atoms with Gasteiger partial charge in [-0.15, -0.1) is 0 Å². The normalized spacial score (nSPS) is 12.3. The van der Waals surface area contributed by atoms with Gasteiger partial charge in [-0.2, -0.15) is 20.5 Å². The van der Waals surface area contributed by atoms with E-state index in [4.69, 9.17) is 0 Å². The number of benzene rings is 2. The fourth-order valence-electron chi connectivity index (χ4n) is 1.78. The summed E-state index contributed by atoms with van der Waals surface area (Å²) in [5.74, 6) is -0.817. The largest absolute Gasteiger partial charge is 0.225 e. The van der Waals surface area contributed by atoms with Gasteiger partial charge in [-0.3, -0.25) is 0 Å². The van der Waals surface area contributed by atoms with Gasteiger partial charge < -0.3 is 0 Å². The molecule has 0 N–H and O–H groups in total. The van der Waals surface area contributed by atoms with E-state index in [-0.39, 0.29) is 0 Å². The second-order valence-corrected chi connectivity index (χ2v) is 7.06. The lowest BCUT2D eigenvalue weighted by Crippen LogP contribution is -2.06. The smallest absolute Gasteiger partial charge is 0.194 e. The van der Waals surface area contributed by atoms with Gasteiger partial charge in [0.05, 0.1) is 11.4 Å². The molecule has 0 radical (unpaired) electrons. The van der Waals surface area contributed by atoms with E-state index in [9.17, 15) is 8.42 Å². The highest BCUT2D eigenvalue weighted by Gasteiger charge is 2.09. The van der Waals surface area contributed by atoms with Gasteiger partial charge in [0.15, 0.2) is 21.6 Å². The first-order valence-electron chi connectivity index (χ1n) is 7.05. The van der Waals surface area contributed by atoms with Crippen LogP contribution in [0.25, 0.3) is 0 Å². The summed E-state index contributed by atoms with van der Waals surface area (Å²) in [4.78, 5) is 0.